The molecule has 1 atom stereocenters. The number of hydrogen-bond acceptors (Lipinski definition) is 4. The van der Waals surface area contributed by atoms with Crippen LogP contribution in [0.25, 0.3) is 0 Å². The summed E-state index contributed by atoms with van der Waals surface area (Å²) in [6.45, 7) is 5.30. The average molecular weight is 282 g/mol. The van der Waals surface area contributed by atoms with E-state index in [2.05, 4.69) is 5.32 Å². The van der Waals surface area contributed by atoms with Crippen molar-refractivity contribution in [3.63, 3.8) is 0 Å². The fourth-order valence-electron chi connectivity index (χ4n) is 3.65. The molecule has 5 nitrogen and oxygen atoms in total. The molecule has 1 amide bonds. The lowest BCUT2D eigenvalue weighted by atomic mass is 9.89. The number of ether oxygens (including phenoxy) is 2. The molecule has 0 aromatic rings. The summed E-state index contributed by atoms with van der Waals surface area (Å²) in [6.07, 6.45) is 6.23. The van der Waals surface area contributed by atoms with E-state index in [0.717, 1.165) is 64.8 Å². The molecule has 2 aliphatic heterocycles. The second-order valence-electron chi connectivity index (χ2n) is 6.30. The first-order valence-electron chi connectivity index (χ1n) is 8.01. The molecule has 3 rings (SSSR count). The summed E-state index contributed by atoms with van der Waals surface area (Å²) in [5, 5.41) is 3.50. The highest BCUT2D eigenvalue weighted by atomic mass is 16.7. The molecule has 114 valence electrons. The molecule has 1 N–H and O–H groups in total. The summed E-state index contributed by atoms with van der Waals surface area (Å²) >= 11 is 0. The van der Waals surface area contributed by atoms with Crippen molar-refractivity contribution in [3.8, 4) is 0 Å². The standard InChI is InChI=1S/C15H26N2O3/c1-12(14(18)17-8-2-3-9-17)16-13-4-6-15(7-5-13)19-10-11-20-15/h12-13,16H,2-11H2,1H3. The van der Waals surface area contributed by atoms with Gasteiger partial charge in [0, 0.05) is 32.0 Å². The fourth-order valence-corrected chi connectivity index (χ4v) is 3.65. The van der Waals surface area contributed by atoms with Gasteiger partial charge in [-0.05, 0) is 32.6 Å². The van der Waals surface area contributed by atoms with E-state index in [4.69, 9.17) is 9.47 Å². The molecule has 1 spiro atoms. The molecule has 0 aromatic heterocycles. The van der Waals surface area contributed by atoms with Crippen LogP contribution in [0, 0.1) is 0 Å². The van der Waals surface area contributed by atoms with E-state index in [1.807, 2.05) is 11.8 Å². The highest BCUT2D eigenvalue weighted by Gasteiger charge is 2.40. The number of rotatable bonds is 3. The van der Waals surface area contributed by atoms with E-state index in [1.165, 1.54) is 0 Å². The second-order valence-corrected chi connectivity index (χ2v) is 6.30. The topological polar surface area (TPSA) is 50.8 Å². The Balaban J connectivity index is 1.45. The number of likely N-dealkylation sites (tertiary alicyclic amines) is 1. The summed E-state index contributed by atoms with van der Waals surface area (Å²) in [7, 11) is 0. The number of hydrogen-bond donors (Lipinski definition) is 1. The smallest absolute Gasteiger partial charge is 0.239 e. The van der Waals surface area contributed by atoms with Gasteiger partial charge in [0.25, 0.3) is 0 Å². The van der Waals surface area contributed by atoms with Crippen molar-refractivity contribution in [2.75, 3.05) is 26.3 Å². The van der Waals surface area contributed by atoms with Gasteiger partial charge < -0.3 is 19.7 Å². The van der Waals surface area contributed by atoms with Crippen molar-refractivity contribution in [2.45, 2.75) is 63.3 Å². The Bertz CT molecular complexity index is 339. The van der Waals surface area contributed by atoms with Crippen molar-refractivity contribution >= 4 is 5.91 Å². The first-order valence-corrected chi connectivity index (χ1v) is 8.01. The van der Waals surface area contributed by atoms with E-state index >= 15 is 0 Å². The predicted octanol–water partition coefficient (Wildman–Crippen LogP) is 1.27. The van der Waals surface area contributed by atoms with Gasteiger partial charge in [0.1, 0.15) is 0 Å². The summed E-state index contributed by atoms with van der Waals surface area (Å²) in [4.78, 5) is 14.3. The average Bonchev–Trinajstić information content (AvgIpc) is 3.13. The van der Waals surface area contributed by atoms with Gasteiger partial charge in [-0.1, -0.05) is 0 Å². The Kier molecular flexibility index (Phi) is 4.29. The second kappa shape index (κ2) is 6.00. The van der Waals surface area contributed by atoms with Gasteiger partial charge in [-0.25, -0.2) is 0 Å². The molecule has 1 unspecified atom stereocenters. The number of nitrogens with one attached hydrogen (secondary N) is 1. The van der Waals surface area contributed by atoms with Crippen molar-refractivity contribution in [1.82, 2.24) is 10.2 Å². The van der Waals surface area contributed by atoms with Gasteiger partial charge in [0.2, 0.25) is 5.91 Å². The molecular formula is C15H26N2O3. The van der Waals surface area contributed by atoms with Crippen molar-refractivity contribution < 1.29 is 14.3 Å². The van der Waals surface area contributed by atoms with E-state index in [1.54, 1.807) is 0 Å². The highest BCUT2D eigenvalue weighted by molar-refractivity contribution is 5.81. The van der Waals surface area contributed by atoms with E-state index in [-0.39, 0.29) is 17.7 Å². The molecule has 0 bridgehead atoms. The summed E-state index contributed by atoms with van der Waals surface area (Å²) in [6, 6.07) is 0.340. The Labute approximate surface area is 121 Å². The third kappa shape index (κ3) is 3.00. The van der Waals surface area contributed by atoms with Crippen molar-refractivity contribution in [3.05, 3.63) is 0 Å². The lowest BCUT2D eigenvalue weighted by molar-refractivity contribution is -0.179. The zero-order valence-corrected chi connectivity index (χ0v) is 12.4. The maximum Gasteiger partial charge on any atom is 0.239 e. The van der Waals surface area contributed by atoms with Crippen molar-refractivity contribution in [2.24, 2.45) is 0 Å². The zero-order valence-electron chi connectivity index (χ0n) is 12.4. The third-order valence-corrected chi connectivity index (χ3v) is 4.83. The Morgan fingerprint density at radius 1 is 1.20 bits per heavy atom. The number of nitrogens with zero attached hydrogens (tertiary/aromatic N) is 1. The van der Waals surface area contributed by atoms with Crippen LogP contribution in [0.1, 0.15) is 45.4 Å². The summed E-state index contributed by atoms with van der Waals surface area (Å²) < 4.78 is 11.5. The zero-order chi connectivity index (χ0) is 14.0. The van der Waals surface area contributed by atoms with E-state index in [9.17, 15) is 4.79 Å². The maximum atomic E-state index is 12.3. The van der Waals surface area contributed by atoms with Gasteiger partial charge in [0.15, 0.2) is 5.79 Å². The Hall–Kier alpha value is -0.650. The molecular weight excluding hydrogens is 256 g/mol. The molecule has 3 fully saturated rings. The van der Waals surface area contributed by atoms with Gasteiger partial charge in [-0.2, -0.15) is 0 Å². The molecule has 0 aromatic carbocycles. The van der Waals surface area contributed by atoms with Crippen LogP contribution in [0.15, 0.2) is 0 Å². The molecule has 1 saturated carbocycles. The van der Waals surface area contributed by atoms with Crippen molar-refractivity contribution in [1.29, 1.82) is 0 Å². The summed E-state index contributed by atoms with van der Waals surface area (Å²) in [5.41, 5.74) is 0. The van der Waals surface area contributed by atoms with Crippen LogP contribution in [0.2, 0.25) is 0 Å². The molecule has 1 aliphatic carbocycles. The van der Waals surface area contributed by atoms with E-state index in [0.29, 0.717) is 6.04 Å². The minimum atomic E-state index is -0.305. The van der Waals surface area contributed by atoms with Crippen LogP contribution >= 0.6 is 0 Å². The number of amides is 1. The first kappa shape index (κ1) is 14.3. The molecule has 5 heteroatoms. The van der Waals surface area contributed by atoms with Crippen LogP contribution in [0.3, 0.4) is 0 Å². The van der Waals surface area contributed by atoms with Gasteiger partial charge in [-0.3, -0.25) is 4.79 Å². The van der Waals surface area contributed by atoms with Crippen LogP contribution in [-0.4, -0.2) is 55.0 Å². The molecule has 2 saturated heterocycles. The lowest BCUT2D eigenvalue weighted by Crippen LogP contribution is -2.50. The number of carbonyl (C=O) groups excluding carboxylic acids is 1. The van der Waals surface area contributed by atoms with Crippen LogP contribution in [-0.2, 0) is 14.3 Å². The normalized spacial score (nSPS) is 28.1. The third-order valence-electron chi connectivity index (χ3n) is 4.83. The lowest BCUT2D eigenvalue weighted by Gasteiger charge is -2.37. The molecule has 20 heavy (non-hydrogen) atoms. The molecule has 0 radical (unpaired) electrons. The quantitative estimate of drug-likeness (QED) is 0.847. The Morgan fingerprint density at radius 2 is 1.80 bits per heavy atom. The highest BCUT2D eigenvalue weighted by Crippen LogP contribution is 2.35. The van der Waals surface area contributed by atoms with Crippen LogP contribution < -0.4 is 5.32 Å². The minimum absolute atomic E-state index is 0.0717. The number of carbonyl (C=O) groups is 1. The largest absolute Gasteiger partial charge is 0.348 e. The predicted molar refractivity (Wildman–Crippen MR) is 75.3 cm³/mol. The SMILES string of the molecule is CC(NC1CCC2(CC1)OCCO2)C(=O)N1CCCC1. The first-order chi connectivity index (χ1) is 9.69. The molecule has 2 heterocycles. The van der Waals surface area contributed by atoms with Crippen LogP contribution in [0.4, 0.5) is 0 Å². The fraction of sp³-hybridized carbons (Fsp3) is 0.933. The van der Waals surface area contributed by atoms with Gasteiger partial charge in [-0.15, -0.1) is 0 Å². The molecule has 3 aliphatic rings. The Morgan fingerprint density at radius 3 is 2.40 bits per heavy atom. The maximum absolute atomic E-state index is 12.3. The van der Waals surface area contributed by atoms with Crippen LogP contribution in [0.5, 0.6) is 0 Å². The van der Waals surface area contributed by atoms with Gasteiger partial charge >= 0.3 is 0 Å². The minimum Gasteiger partial charge on any atom is -0.348 e. The van der Waals surface area contributed by atoms with Gasteiger partial charge in [0.05, 0.1) is 19.3 Å². The van der Waals surface area contributed by atoms with E-state index < -0.39 is 0 Å². The summed E-state index contributed by atoms with van der Waals surface area (Å²) in [5.74, 6) is -0.0449. The monoisotopic (exact) mass is 282 g/mol.